The fraction of sp³-hybridized carbons (Fsp3) is 0.769. The number of carboxylic acid groups (broad SMARTS) is 1. The van der Waals surface area contributed by atoms with Gasteiger partial charge in [0.25, 0.3) is 5.91 Å². The fourth-order valence-corrected chi connectivity index (χ4v) is 8.51. The molecule has 4 aliphatic rings. The Hall–Kier alpha value is -3.02. The van der Waals surface area contributed by atoms with Gasteiger partial charge in [0, 0.05) is 69.6 Å². The number of hydrogen-bond donors (Lipinski definition) is 1. The molecule has 288 valence electrons. The largest absolute Gasteiger partial charge is 0.494 e. The number of likely N-dealkylation sites (tertiary alicyclic amines) is 2. The number of rotatable bonds is 11. The first kappa shape index (κ1) is 40.7. The Kier molecular flexibility index (Phi) is 14.9. The lowest BCUT2D eigenvalue weighted by atomic mass is 9.75. The number of carboxylic acids is 1. The Morgan fingerprint density at radius 1 is 0.941 bits per heavy atom. The van der Waals surface area contributed by atoms with E-state index < -0.39 is 12.1 Å². The van der Waals surface area contributed by atoms with Crippen LogP contribution in [0, 0.1) is 25.7 Å². The molecule has 1 saturated carbocycles. The Bertz CT molecular complexity index is 1280. The Labute approximate surface area is 302 Å². The lowest BCUT2D eigenvalue weighted by Crippen LogP contribution is -2.61. The van der Waals surface area contributed by atoms with E-state index in [9.17, 15) is 22.8 Å². The minimum atomic E-state index is -5.08. The van der Waals surface area contributed by atoms with Crippen molar-refractivity contribution in [1.29, 1.82) is 0 Å². The topological polar surface area (TPSA) is 99.6 Å². The van der Waals surface area contributed by atoms with Gasteiger partial charge in [-0.2, -0.15) is 13.2 Å². The third kappa shape index (κ3) is 11.0. The molecule has 9 nitrogen and oxygen atoms in total. The summed E-state index contributed by atoms with van der Waals surface area (Å²) in [5.41, 5.74) is 2.54. The van der Waals surface area contributed by atoms with Crippen molar-refractivity contribution >= 4 is 18.0 Å². The first-order valence-corrected chi connectivity index (χ1v) is 19.3. The number of halogens is 3. The normalized spacial score (nSPS) is 21.9. The number of aryl methyl sites for hydroxylation is 2. The van der Waals surface area contributed by atoms with Crippen molar-refractivity contribution in [2.24, 2.45) is 11.8 Å². The van der Waals surface area contributed by atoms with Gasteiger partial charge in [-0.25, -0.2) is 9.59 Å². The van der Waals surface area contributed by atoms with Crippen LogP contribution in [0.2, 0.25) is 0 Å². The summed E-state index contributed by atoms with van der Waals surface area (Å²) < 4.78 is 44.1. The number of benzene rings is 1. The van der Waals surface area contributed by atoms with Gasteiger partial charge >= 0.3 is 18.2 Å². The molecule has 1 aromatic carbocycles. The second-order valence-electron chi connectivity index (χ2n) is 15.2. The van der Waals surface area contributed by atoms with Crippen molar-refractivity contribution in [2.45, 2.75) is 135 Å². The highest BCUT2D eigenvalue weighted by Gasteiger charge is 2.50. The van der Waals surface area contributed by atoms with E-state index >= 15 is 0 Å². The summed E-state index contributed by atoms with van der Waals surface area (Å²) in [5.74, 6) is -0.660. The molecule has 1 spiro atoms. The predicted octanol–water partition coefficient (Wildman–Crippen LogP) is 8.39. The summed E-state index contributed by atoms with van der Waals surface area (Å²) in [7, 11) is 0. The molecule has 0 bridgehead atoms. The van der Waals surface area contributed by atoms with Gasteiger partial charge in [0.05, 0.1) is 6.61 Å². The third-order valence-electron chi connectivity index (χ3n) is 11.5. The quantitative estimate of drug-likeness (QED) is 0.229. The molecule has 3 aliphatic heterocycles. The summed E-state index contributed by atoms with van der Waals surface area (Å²) in [4.78, 5) is 42.6. The highest BCUT2D eigenvalue weighted by molar-refractivity contribution is 5.97. The van der Waals surface area contributed by atoms with Gasteiger partial charge in [0.2, 0.25) is 0 Å². The second kappa shape index (κ2) is 18.6. The van der Waals surface area contributed by atoms with Crippen molar-refractivity contribution in [2.75, 3.05) is 45.9 Å². The van der Waals surface area contributed by atoms with Crippen LogP contribution in [0.5, 0.6) is 5.75 Å². The van der Waals surface area contributed by atoms with E-state index in [0.29, 0.717) is 24.5 Å². The zero-order valence-electron chi connectivity index (χ0n) is 31.2. The van der Waals surface area contributed by atoms with E-state index in [4.69, 9.17) is 19.4 Å². The van der Waals surface area contributed by atoms with Crippen molar-refractivity contribution in [3.63, 3.8) is 0 Å². The molecule has 4 fully saturated rings. The first-order chi connectivity index (χ1) is 24.3. The number of carbonyl (C=O) groups excluding carboxylic acids is 2. The van der Waals surface area contributed by atoms with E-state index in [0.717, 1.165) is 107 Å². The smallest absolute Gasteiger partial charge is 0.490 e. The Balaban J connectivity index is 0.000000755. The first-order valence-electron chi connectivity index (χ1n) is 19.3. The molecule has 0 radical (unpaired) electrons. The fourth-order valence-electron chi connectivity index (χ4n) is 8.51. The van der Waals surface area contributed by atoms with Crippen molar-refractivity contribution in [1.82, 2.24) is 14.7 Å². The number of alkyl halides is 3. The average Bonchev–Trinajstić information content (AvgIpc) is 3.09. The van der Waals surface area contributed by atoms with Crippen LogP contribution in [0.1, 0.15) is 125 Å². The van der Waals surface area contributed by atoms with Crippen LogP contribution in [0.4, 0.5) is 18.0 Å². The van der Waals surface area contributed by atoms with E-state index in [1.165, 1.54) is 44.9 Å². The third-order valence-corrected chi connectivity index (χ3v) is 11.5. The van der Waals surface area contributed by atoms with Gasteiger partial charge < -0.3 is 24.4 Å². The van der Waals surface area contributed by atoms with Gasteiger partial charge in [-0.3, -0.25) is 9.69 Å². The van der Waals surface area contributed by atoms with Gasteiger partial charge in [-0.05, 0) is 81.5 Å². The number of hydrogen-bond acceptors (Lipinski definition) is 6. The molecule has 5 rings (SSSR count). The standard InChI is InChI=1S/C37H59N3O4.C2HF3O2/c1-5-7-14-31-27-40(26-30-12-10-9-11-13-30)36(42)44-37(31)17-21-38(22-18-37)32-15-19-39(20-16-32)35(41)34-28(3)24-33(25-29(34)4)43-23-8-6-2;3-2(4,5)1(6)7/h24-25,30-32H,5-23,26-27H2,1-4H3;(H,6,7). The maximum atomic E-state index is 13.6. The molecule has 12 heteroatoms. The lowest BCUT2D eigenvalue weighted by molar-refractivity contribution is -0.192. The monoisotopic (exact) mass is 723 g/mol. The van der Waals surface area contributed by atoms with Gasteiger partial charge in [0.1, 0.15) is 11.4 Å². The summed E-state index contributed by atoms with van der Waals surface area (Å²) in [5, 5.41) is 7.12. The molecule has 3 saturated heterocycles. The molecule has 1 aromatic rings. The summed E-state index contributed by atoms with van der Waals surface area (Å²) in [6.07, 6.45) is 10.9. The molecular formula is C39H60F3N3O6. The molecule has 1 unspecified atom stereocenters. The molecule has 1 aliphatic carbocycles. The summed E-state index contributed by atoms with van der Waals surface area (Å²) >= 11 is 0. The number of aliphatic carboxylic acids is 1. The van der Waals surface area contributed by atoms with Crippen LogP contribution >= 0.6 is 0 Å². The SMILES string of the molecule is CCCCOc1cc(C)c(C(=O)N2CCC(N3CCC4(CC3)OC(=O)N(CC3CCCCC3)CC4CCCC)CC2)c(C)c1.O=C(O)C(F)(F)F. The van der Waals surface area contributed by atoms with E-state index in [-0.39, 0.29) is 17.6 Å². The molecule has 0 aromatic heterocycles. The molecule has 3 heterocycles. The van der Waals surface area contributed by atoms with Gasteiger partial charge in [-0.15, -0.1) is 0 Å². The van der Waals surface area contributed by atoms with E-state index in [1.54, 1.807) is 0 Å². The molecule has 2 amide bonds. The van der Waals surface area contributed by atoms with Crippen LogP contribution in [0.3, 0.4) is 0 Å². The molecule has 51 heavy (non-hydrogen) atoms. The van der Waals surface area contributed by atoms with E-state index in [2.05, 4.69) is 28.5 Å². The molecule has 1 N–H and O–H groups in total. The highest BCUT2D eigenvalue weighted by atomic mass is 19.4. The van der Waals surface area contributed by atoms with Crippen LogP contribution < -0.4 is 4.74 Å². The maximum Gasteiger partial charge on any atom is 0.490 e. The van der Waals surface area contributed by atoms with Crippen LogP contribution in [-0.2, 0) is 9.53 Å². The number of piperidine rings is 2. The van der Waals surface area contributed by atoms with E-state index in [1.807, 2.05) is 26.0 Å². The zero-order valence-corrected chi connectivity index (χ0v) is 31.2. The van der Waals surface area contributed by atoms with Crippen molar-refractivity contribution in [3.05, 3.63) is 28.8 Å². The van der Waals surface area contributed by atoms with Gasteiger partial charge in [-0.1, -0.05) is 52.4 Å². The summed E-state index contributed by atoms with van der Waals surface area (Å²) in [6, 6.07) is 4.53. The van der Waals surface area contributed by atoms with Crippen LogP contribution in [-0.4, -0.2) is 101 Å². The average molecular weight is 724 g/mol. The van der Waals surface area contributed by atoms with Gasteiger partial charge in [0.15, 0.2) is 0 Å². The van der Waals surface area contributed by atoms with Crippen molar-refractivity contribution < 1.29 is 42.1 Å². The number of unbranched alkanes of at least 4 members (excludes halogenated alkanes) is 2. The van der Waals surface area contributed by atoms with Crippen LogP contribution in [0.15, 0.2) is 12.1 Å². The summed E-state index contributed by atoms with van der Waals surface area (Å²) in [6.45, 7) is 14.5. The highest BCUT2D eigenvalue weighted by Crippen LogP contribution is 2.42. The number of amides is 2. The second-order valence-corrected chi connectivity index (χ2v) is 15.2. The minimum Gasteiger partial charge on any atom is -0.494 e. The molecule has 1 atom stereocenters. The Morgan fingerprint density at radius 2 is 1.53 bits per heavy atom. The van der Waals surface area contributed by atoms with Crippen molar-refractivity contribution in [3.8, 4) is 5.75 Å². The van der Waals surface area contributed by atoms with Crippen LogP contribution in [0.25, 0.3) is 0 Å². The number of carbonyl (C=O) groups is 3. The number of ether oxygens (including phenoxy) is 2. The zero-order chi connectivity index (χ0) is 37.2. The minimum absolute atomic E-state index is 0.0604. The predicted molar refractivity (Wildman–Crippen MR) is 190 cm³/mol. The maximum absolute atomic E-state index is 13.6. The lowest BCUT2D eigenvalue weighted by Gasteiger charge is -2.52. The molecular weight excluding hydrogens is 663 g/mol. The number of nitrogens with zero attached hydrogens (tertiary/aromatic N) is 3. The Morgan fingerprint density at radius 3 is 2.08 bits per heavy atom.